The molecule has 0 aliphatic rings. The van der Waals surface area contributed by atoms with Gasteiger partial charge in [0.15, 0.2) is 5.13 Å². The summed E-state index contributed by atoms with van der Waals surface area (Å²) < 4.78 is 14.1. The van der Waals surface area contributed by atoms with Crippen molar-refractivity contribution in [1.82, 2.24) is 4.98 Å². The van der Waals surface area contributed by atoms with E-state index in [0.717, 1.165) is 10.2 Å². The van der Waals surface area contributed by atoms with E-state index in [-0.39, 0.29) is 11.7 Å². The Morgan fingerprint density at radius 3 is 2.86 bits per heavy atom. The monoisotopic (exact) mass is 301 g/mol. The molecular formula is C15H12FN3OS. The molecule has 3 rings (SSSR count). The van der Waals surface area contributed by atoms with Crippen molar-refractivity contribution in [3.63, 3.8) is 0 Å². The normalized spacial score (nSPS) is 10.8. The third-order valence-corrected chi connectivity index (χ3v) is 4.00. The van der Waals surface area contributed by atoms with Crippen molar-refractivity contribution in [1.29, 1.82) is 0 Å². The summed E-state index contributed by atoms with van der Waals surface area (Å²) in [6.45, 7) is 0. The van der Waals surface area contributed by atoms with Gasteiger partial charge in [-0.25, -0.2) is 9.37 Å². The highest BCUT2D eigenvalue weighted by atomic mass is 32.1. The van der Waals surface area contributed by atoms with Crippen molar-refractivity contribution in [2.75, 3.05) is 17.7 Å². The van der Waals surface area contributed by atoms with Crippen LogP contribution in [0.3, 0.4) is 0 Å². The van der Waals surface area contributed by atoms with E-state index in [2.05, 4.69) is 4.98 Å². The largest absolute Gasteiger partial charge is 0.375 e. The first kappa shape index (κ1) is 13.5. The Hall–Kier alpha value is -2.47. The number of halogens is 1. The van der Waals surface area contributed by atoms with Crippen LogP contribution in [0.1, 0.15) is 10.4 Å². The number of nitrogens with two attached hydrogens (primary N) is 1. The van der Waals surface area contributed by atoms with Crippen LogP contribution in [0.5, 0.6) is 0 Å². The lowest BCUT2D eigenvalue weighted by Crippen LogP contribution is -2.26. The molecule has 1 heterocycles. The first-order valence-corrected chi connectivity index (χ1v) is 7.06. The molecule has 0 saturated carbocycles. The summed E-state index contributed by atoms with van der Waals surface area (Å²) in [7, 11) is 1.61. The van der Waals surface area contributed by atoms with Crippen molar-refractivity contribution in [3.8, 4) is 0 Å². The van der Waals surface area contributed by atoms with Crippen LogP contribution in [-0.4, -0.2) is 17.9 Å². The van der Waals surface area contributed by atoms with Gasteiger partial charge in [0.2, 0.25) is 0 Å². The lowest BCUT2D eigenvalue weighted by atomic mass is 10.2. The molecule has 0 unspecified atom stereocenters. The number of anilines is 2. The standard InChI is InChI=1S/C15H12FN3OS/c1-19(11-4-2-3-10(16)8-11)14(20)9-5-6-12-13(7-9)21-15(17)18-12/h2-8H,1H3,(H2,17,18). The van der Waals surface area contributed by atoms with Crippen LogP contribution in [0, 0.1) is 5.82 Å². The first-order chi connectivity index (χ1) is 10.0. The zero-order valence-corrected chi connectivity index (χ0v) is 12.0. The van der Waals surface area contributed by atoms with Gasteiger partial charge in [-0.2, -0.15) is 0 Å². The highest BCUT2D eigenvalue weighted by Gasteiger charge is 2.15. The van der Waals surface area contributed by atoms with Gasteiger partial charge in [-0.05, 0) is 36.4 Å². The van der Waals surface area contributed by atoms with E-state index in [0.29, 0.717) is 16.4 Å². The van der Waals surface area contributed by atoms with Gasteiger partial charge in [-0.15, -0.1) is 0 Å². The quantitative estimate of drug-likeness (QED) is 0.790. The molecule has 0 spiro atoms. The number of benzene rings is 2. The summed E-state index contributed by atoms with van der Waals surface area (Å²) in [5.41, 5.74) is 7.44. The van der Waals surface area contributed by atoms with Crippen molar-refractivity contribution >= 4 is 38.3 Å². The molecule has 0 fully saturated rings. The first-order valence-electron chi connectivity index (χ1n) is 6.24. The third-order valence-electron chi connectivity index (χ3n) is 3.15. The van der Waals surface area contributed by atoms with Crippen molar-refractivity contribution in [2.45, 2.75) is 0 Å². The second-order valence-corrected chi connectivity index (χ2v) is 5.64. The van der Waals surface area contributed by atoms with Crippen LogP contribution in [0.15, 0.2) is 42.5 Å². The lowest BCUT2D eigenvalue weighted by molar-refractivity contribution is 0.0993. The van der Waals surface area contributed by atoms with E-state index in [1.165, 1.54) is 28.4 Å². The molecule has 0 aliphatic heterocycles. The molecule has 1 amide bonds. The van der Waals surface area contributed by atoms with E-state index in [4.69, 9.17) is 5.73 Å². The number of fused-ring (bicyclic) bond motifs is 1. The zero-order chi connectivity index (χ0) is 15.0. The number of rotatable bonds is 2. The van der Waals surface area contributed by atoms with Gasteiger partial charge in [0.05, 0.1) is 10.2 Å². The number of nitrogens with zero attached hydrogens (tertiary/aromatic N) is 2. The average Bonchev–Trinajstić information content (AvgIpc) is 2.84. The van der Waals surface area contributed by atoms with Crippen molar-refractivity contribution in [2.24, 2.45) is 0 Å². The SMILES string of the molecule is CN(C(=O)c1ccc2nc(N)sc2c1)c1cccc(F)c1. The van der Waals surface area contributed by atoms with Gasteiger partial charge in [-0.1, -0.05) is 17.4 Å². The molecule has 3 aromatic rings. The molecule has 2 N–H and O–H groups in total. The minimum absolute atomic E-state index is 0.213. The Kier molecular flexibility index (Phi) is 3.31. The topological polar surface area (TPSA) is 59.2 Å². The molecular weight excluding hydrogens is 289 g/mol. The fourth-order valence-electron chi connectivity index (χ4n) is 2.07. The fourth-order valence-corrected chi connectivity index (χ4v) is 2.84. The number of thiazole rings is 1. The molecule has 21 heavy (non-hydrogen) atoms. The summed E-state index contributed by atoms with van der Waals surface area (Å²) in [5.74, 6) is -0.590. The number of hydrogen-bond acceptors (Lipinski definition) is 4. The van der Waals surface area contributed by atoms with Crippen LogP contribution < -0.4 is 10.6 Å². The van der Waals surface area contributed by atoms with Gasteiger partial charge >= 0.3 is 0 Å². The summed E-state index contributed by atoms with van der Waals surface area (Å²) >= 11 is 1.33. The minimum Gasteiger partial charge on any atom is -0.375 e. The predicted molar refractivity (Wildman–Crippen MR) is 83.2 cm³/mol. The van der Waals surface area contributed by atoms with E-state index in [1.54, 1.807) is 37.4 Å². The van der Waals surface area contributed by atoms with Crippen LogP contribution in [0.25, 0.3) is 10.2 Å². The van der Waals surface area contributed by atoms with Gasteiger partial charge in [0.1, 0.15) is 5.82 Å². The van der Waals surface area contributed by atoms with Crippen LogP contribution in [0.4, 0.5) is 15.2 Å². The Morgan fingerprint density at radius 2 is 2.10 bits per heavy atom. The van der Waals surface area contributed by atoms with E-state index in [9.17, 15) is 9.18 Å². The Labute approximate surface area is 124 Å². The molecule has 0 aliphatic carbocycles. The highest BCUT2D eigenvalue weighted by Crippen LogP contribution is 2.25. The molecule has 0 atom stereocenters. The maximum Gasteiger partial charge on any atom is 0.258 e. The summed E-state index contributed by atoms with van der Waals surface area (Å²) in [6.07, 6.45) is 0. The number of nitrogen functional groups attached to an aromatic ring is 1. The lowest BCUT2D eigenvalue weighted by Gasteiger charge is -2.17. The van der Waals surface area contributed by atoms with Gasteiger partial charge < -0.3 is 10.6 Å². The number of hydrogen-bond donors (Lipinski definition) is 1. The van der Waals surface area contributed by atoms with Crippen molar-refractivity contribution < 1.29 is 9.18 Å². The van der Waals surface area contributed by atoms with Crippen LogP contribution in [-0.2, 0) is 0 Å². The molecule has 2 aromatic carbocycles. The highest BCUT2D eigenvalue weighted by molar-refractivity contribution is 7.22. The number of amides is 1. The zero-order valence-electron chi connectivity index (χ0n) is 11.2. The van der Waals surface area contributed by atoms with Crippen molar-refractivity contribution in [3.05, 3.63) is 53.8 Å². The number of carbonyl (C=O) groups excluding carboxylic acids is 1. The molecule has 4 nitrogen and oxygen atoms in total. The summed E-state index contributed by atoms with van der Waals surface area (Å²) in [5, 5.41) is 0.466. The Bertz CT molecular complexity index is 831. The average molecular weight is 301 g/mol. The van der Waals surface area contributed by atoms with Crippen LogP contribution >= 0.6 is 11.3 Å². The number of carbonyl (C=O) groups is 1. The van der Waals surface area contributed by atoms with Gasteiger partial charge in [0.25, 0.3) is 5.91 Å². The Balaban J connectivity index is 1.95. The van der Waals surface area contributed by atoms with Gasteiger partial charge in [0, 0.05) is 18.3 Å². The summed E-state index contributed by atoms with van der Waals surface area (Å²) in [6, 6.07) is 11.1. The maximum atomic E-state index is 13.2. The molecule has 6 heteroatoms. The third kappa shape index (κ3) is 2.57. The predicted octanol–water partition coefficient (Wildman–Crippen LogP) is 3.29. The molecule has 1 aromatic heterocycles. The fraction of sp³-hybridized carbons (Fsp3) is 0.0667. The van der Waals surface area contributed by atoms with E-state index < -0.39 is 0 Å². The summed E-state index contributed by atoms with van der Waals surface area (Å²) in [4.78, 5) is 18.0. The van der Waals surface area contributed by atoms with E-state index >= 15 is 0 Å². The van der Waals surface area contributed by atoms with E-state index in [1.807, 2.05) is 0 Å². The second kappa shape index (κ2) is 5.14. The molecule has 0 bridgehead atoms. The van der Waals surface area contributed by atoms with Gasteiger partial charge in [-0.3, -0.25) is 4.79 Å². The minimum atomic E-state index is -0.377. The number of aromatic nitrogens is 1. The molecule has 0 radical (unpaired) electrons. The Morgan fingerprint density at radius 1 is 1.29 bits per heavy atom. The molecule has 0 saturated heterocycles. The maximum absolute atomic E-state index is 13.2. The van der Waals surface area contributed by atoms with Crippen LogP contribution in [0.2, 0.25) is 0 Å². The second-order valence-electron chi connectivity index (χ2n) is 4.58. The molecule has 106 valence electrons. The smallest absolute Gasteiger partial charge is 0.258 e.